The van der Waals surface area contributed by atoms with Crippen LogP contribution in [0, 0.1) is 10.1 Å². The van der Waals surface area contributed by atoms with Crippen LogP contribution in [-0.2, 0) is 0 Å². The van der Waals surface area contributed by atoms with E-state index in [0.29, 0.717) is 10.8 Å². The third-order valence-corrected chi connectivity index (χ3v) is 3.62. The van der Waals surface area contributed by atoms with E-state index in [-0.39, 0.29) is 32.9 Å². The molecule has 1 aromatic heterocycles. The van der Waals surface area contributed by atoms with Crippen LogP contribution in [0.2, 0.25) is 10.0 Å². The SMILES string of the molecule is O=c1[nH]nc(Oc2c(Cl)cc([N+](=O)[O-])cc2Cl)c2ccccc12. The molecule has 0 radical (unpaired) electrons. The first-order chi connectivity index (χ1) is 11.0. The maximum Gasteiger partial charge on any atom is 0.272 e. The minimum absolute atomic E-state index is 0.0173. The number of nitrogens with zero attached hydrogens (tertiary/aromatic N) is 2. The minimum Gasteiger partial charge on any atom is -0.434 e. The van der Waals surface area contributed by atoms with Gasteiger partial charge in [0.1, 0.15) is 0 Å². The molecule has 0 aliphatic carbocycles. The first kappa shape index (κ1) is 15.3. The third-order valence-electron chi connectivity index (χ3n) is 3.05. The summed E-state index contributed by atoms with van der Waals surface area (Å²) in [7, 11) is 0. The average molecular weight is 352 g/mol. The van der Waals surface area contributed by atoms with Gasteiger partial charge in [-0.25, -0.2) is 5.10 Å². The van der Waals surface area contributed by atoms with Crippen molar-refractivity contribution < 1.29 is 9.66 Å². The van der Waals surface area contributed by atoms with Gasteiger partial charge in [0, 0.05) is 12.1 Å². The Morgan fingerprint density at radius 1 is 1.13 bits per heavy atom. The van der Waals surface area contributed by atoms with Crippen molar-refractivity contribution in [2.45, 2.75) is 0 Å². The molecule has 0 bridgehead atoms. The molecule has 9 heteroatoms. The highest BCUT2D eigenvalue weighted by atomic mass is 35.5. The van der Waals surface area contributed by atoms with Gasteiger partial charge in [0.25, 0.3) is 11.2 Å². The van der Waals surface area contributed by atoms with Crippen molar-refractivity contribution in [2.75, 3.05) is 0 Å². The molecule has 0 atom stereocenters. The number of halogens is 2. The van der Waals surface area contributed by atoms with E-state index in [2.05, 4.69) is 10.2 Å². The quantitative estimate of drug-likeness (QED) is 0.569. The molecule has 2 aromatic carbocycles. The van der Waals surface area contributed by atoms with Crippen LogP contribution in [0.3, 0.4) is 0 Å². The lowest BCUT2D eigenvalue weighted by atomic mass is 10.2. The van der Waals surface area contributed by atoms with Crippen molar-refractivity contribution in [3.63, 3.8) is 0 Å². The summed E-state index contributed by atoms with van der Waals surface area (Å²) in [5, 5.41) is 17.7. The summed E-state index contributed by atoms with van der Waals surface area (Å²) in [6.45, 7) is 0. The van der Waals surface area contributed by atoms with Gasteiger partial charge >= 0.3 is 0 Å². The minimum atomic E-state index is -0.616. The number of fused-ring (bicyclic) bond motifs is 1. The van der Waals surface area contributed by atoms with Gasteiger partial charge in [0.15, 0.2) is 5.75 Å². The molecule has 116 valence electrons. The average Bonchev–Trinajstić information content (AvgIpc) is 2.53. The van der Waals surface area contributed by atoms with E-state index >= 15 is 0 Å². The lowest BCUT2D eigenvalue weighted by Crippen LogP contribution is -2.09. The van der Waals surface area contributed by atoms with Crippen molar-refractivity contribution >= 4 is 39.7 Å². The van der Waals surface area contributed by atoms with Gasteiger partial charge in [-0.15, -0.1) is 5.10 Å². The predicted molar refractivity (Wildman–Crippen MR) is 85.6 cm³/mol. The monoisotopic (exact) mass is 351 g/mol. The van der Waals surface area contributed by atoms with Gasteiger partial charge in [-0.3, -0.25) is 14.9 Å². The number of benzene rings is 2. The Morgan fingerprint density at radius 2 is 1.74 bits per heavy atom. The molecule has 0 aliphatic heterocycles. The molecule has 23 heavy (non-hydrogen) atoms. The highest BCUT2D eigenvalue weighted by Crippen LogP contribution is 2.39. The number of nitro groups is 1. The number of rotatable bonds is 3. The predicted octanol–water partition coefficient (Wildman–Crippen LogP) is 3.93. The summed E-state index contributed by atoms with van der Waals surface area (Å²) >= 11 is 12.0. The van der Waals surface area contributed by atoms with Gasteiger partial charge in [0.2, 0.25) is 5.88 Å². The number of ether oxygens (including phenoxy) is 1. The number of H-pyrrole nitrogens is 1. The Kier molecular flexibility index (Phi) is 3.89. The molecular formula is C14H7Cl2N3O4. The van der Waals surface area contributed by atoms with Crippen LogP contribution in [-0.4, -0.2) is 15.1 Å². The molecule has 0 spiro atoms. The molecule has 0 saturated heterocycles. The molecular weight excluding hydrogens is 345 g/mol. The summed E-state index contributed by atoms with van der Waals surface area (Å²) in [6.07, 6.45) is 0. The molecule has 3 aromatic rings. The third kappa shape index (κ3) is 2.84. The fraction of sp³-hybridized carbons (Fsp3) is 0. The van der Waals surface area contributed by atoms with Crippen LogP contribution in [0.25, 0.3) is 10.8 Å². The lowest BCUT2D eigenvalue weighted by molar-refractivity contribution is -0.384. The van der Waals surface area contributed by atoms with E-state index in [9.17, 15) is 14.9 Å². The van der Waals surface area contributed by atoms with E-state index in [1.54, 1.807) is 24.3 Å². The van der Waals surface area contributed by atoms with Crippen molar-refractivity contribution in [1.82, 2.24) is 10.2 Å². The Bertz CT molecular complexity index is 964. The second-order valence-electron chi connectivity index (χ2n) is 4.50. The first-order valence-corrected chi connectivity index (χ1v) is 7.01. The van der Waals surface area contributed by atoms with Gasteiger partial charge in [-0.1, -0.05) is 35.3 Å². The van der Waals surface area contributed by atoms with Crippen molar-refractivity contribution in [1.29, 1.82) is 0 Å². The van der Waals surface area contributed by atoms with Crippen LogP contribution in [0.15, 0.2) is 41.2 Å². The maximum absolute atomic E-state index is 11.7. The van der Waals surface area contributed by atoms with Crippen molar-refractivity contribution in [3.05, 3.63) is 66.9 Å². The van der Waals surface area contributed by atoms with E-state index < -0.39 is 4.92 Å². The van der Waals surface area contributed by atoms with Crippen LogP contribution in [0.1, 0.15) is 0 Å². The smallest absolute Gasteiger partial charge is 0.272 e. The fourth-order valence-corrected chi connectivity index (χ4v) is 2.57. The molecule has 1 heterocycles. The molecule has 0 saturated carbocycles. The highest BCUT2D eigenvalue weighted by Gasteiger charge is 2.18. The number of hydrogen-bond acceptors (Lipinski definition) is 5. The second kappa shape index (κ2) is 5.86. The molecule has 0 amide bonds. The second-order valence-corrected chi connectivity index (χ2v) is 5.32. The van der Waals surface area contributed by atoms with E-state index in [1.165, 1.54) is 0 Å². The number of aromatic nitrogens is 2. The van der Waals surface area contributed by atoms with Gasteiger partial charge < -0.3 is 4.74 Å². The lowest BCUT2D eigenvalue weighted by Gasteiger charge is -2.10. The number of aromatic amines is 1. The fourth-order valence-electron chi connectivity index (χ4n) is 2.01. The summed E-state index contributed by atoms with van der Waals surface area (Å²) in [4.78, 5) is 21.9. The van der Waals surface area contributed by atoms with E-state index in [4.69, 9.17) is 27.9 Å². The molecule has 3 rings (SSSR count). The Balaban J connectivity index is 2.12. The van der Waals surface area contributed by atoms with Gasteiger partial charge in [0.05, 0.1) is 25.7 Å². The molecule has 7 nitrogen and oxygen atoms in total. The van der Waals surface area contributed by atoms with Crippen LogP contribution in [0.5, 0.6) is 11.6 Å². The Labute approximate surface area is 138 Å². The van der Waals surface area contributed by atoms with Crippen LogP contribution in [0.4, 0.5) is 5.69 Å². The van der Waals surface area contributed by atoms with Crippen LogP contribution < -0.4 is 10.3 Å². The number of nitrogens with one attached hydrogen (secondary N) is 1. The standard InChI is InChI=1S/C14H7Cl2N3O4/c15-10-5-7(19(21)22)6-11(16)12(10)23-14-9-4-2-1-3-8(9)13(20)17-18-14/h1-6H,(H,17,20). The van der Waals surface area contributed by atoms with Gasteiger partial charge in [-0.05, 0) is 12.1 Å². The van der Waals surface area contributed by atoms with Crippen molar-refractivity contribution in [2.24, 2.45) is 0 Å². The largest absolute Gasteiger partial charge is 0.434 e. The molecule has 0 unspecified atom stereocenters. The normalized spacial score (nSPS) is 10.7. The maximum atomic E-state index is 11.7. The highest BCUT2D eigenvalue weighted by molar-refractivity contribution is 6.37. The number of hydrogen-bond donors (Lipinski definition) is 1. The van der Waals surface area contributed by atoms with Gasteiger partial charge in [-0.2, -0.15) is 0 Å². The Hall–Kier alpha value is -2.64. The Morgan fingerprint density at radius 3 is 2.35 bits per heavy atom. The first-order valence-electron chi connectivity index (χ1n) is 6.26. The summed E-state index contributed by atoms with van der Waals surface area (Å²) < 4.78 is 5.58. The number of nitro benzene ring substituents is 1. The zero-order valence-corrected chi connectivity index (χ0v) is 12.8. The zero-order valence-electron chi connectivity index (χ0n) is 11.2. The zero-order chi connectivity index (χ0) is 16.6. The summed E-state index contributed by atoms with van der Waals surface area (Å²) in [5.41, 5.74) is -0.625. The summed E-state index contributed by atoms with van der Waals surface area (Å²) in [6, 6.07) is 8.93. The van der Waals surface area contributed by atoms with E-state index in [1.807, 2.05) is 0 Å². The molecule has 0 fully saturated rings. The topological polar surface area (TPSA) is 98.1 Å². The van der Waals surface area contributed by atoms with Crippen molar-refractivity contribution in [3.8, 4) is 11.6 Å². The van der Waals surface area contributed by atoms with E-state index in [0.717, 1.165) is 12.1 Å². The number of non-ortho nitro benzene ring substituents is 1. The van der Waals surface area contributed by atoms with Crippen LogP contribution >= 0.6 is 23.2 Å². The summed E-state index contributed by atoms with van der Waals surface area (Å²) in [5.74, 6) is 0.0986. The molecule has 0 aliphatic rings. The molecule has 1 N–H and O–H groups in total.